The first kappa shape index (κ1) is 14.7. The van der Waals surface area contributed by atoms with E-state index in [1.807, 2.05) is 0 Å². The normalized spacial score (nSPS) is 22.0. The van der Waals surface area contributed by atoms with Crippen LogP contribution in [0.2, 0.25) is 0 Å². The quantitative estimate of drug-likeness (QED) is 0.747. The maximum Gasteiger partial charge on any atom is 0.387 e. The van der Waals surface area contributed by atoms with Gasteiger partial charge in [-0.3, -0.25) is 4.79 Å². The second kappa shape index (κ2) is 6.15. The summed E-state index contributed by atoms with van der Waals surface area (Å²) >= 11 is 0. The molecule has 1 aromatic carbocycles. The number of hydrogen-bond acceptors (Lipinski definition) is 4. The Balaban J connectivity index is 2.01. The fraction of sp³-hybridized carbons (Fsp3) is 0.462. The molecule has 1 aromatic rings. The second-order valence-corrected chi connectivity index (χ2v) is 4.71. The number of rotatable bonds is 5. The molecule has 1 amide bonds. The number of carbonyl (C=O) groups is 1. The first-order valence-electron chi connectivity index (χ1n) is 6.25. The molecule has 1 unspecified atom stereocenters. The summed E-state index contributed by atoms with van der Waals surface area (Å²) in [5.41, 5.74) is -0.976. The van der Waals surface area contributed by atoms with Crippen molar-refractivity contribution in [2.45, 2.75) is 18.6 Å². The summed E-state index contributed by atoms with van der Waals surface area (Å²) in [6, 6.07) is 5.75. The van der Waals surface area contributed by atoms with Gasteiger partial charge in [0.1, 0.15) is 5.75 Å². The minimum atomic E-state index is -2.99. The SMILES string of the molecule is O=C(NCC1(O)CCNC1)c1ccccc1OC(F)F. The van der Waals surface area contributed by atoms with Crippen molar-refractivity contribution in [2.24, 2.45) is 0 Å². The van der Waals surface area contributed by atoms with Gasteiger partial charge in [-0.05, 0) is 25.1 Å². The molecule has 20 heavy (non-hydrogen) atoms. The van der Waals surface area contributed by atoms with Gasteiger partial charge in [0.05, 0.1) is 11.2 Å². The van der Waals surface area contributed by atoms with E-state index >= 15 is 0 Å². The highest BCUT2D eigenvalue weighted by atomic mass is 19.3. The van der Waals surface area contributed by atoms with E-state index in [1.165, 1.54) is 18.2 Å². The standard InChI is InChI=1S/C13H16F2N2O3/c14-12(15)20-10-4-2-1-3-9(10)11(18)17-8-13(19)5-6-16-7-13/h1-4,12,16,19H,5-8H2,(H,17,18). The van der Waals surface area contributed by atoms with E-state index in [9.17, 15) is 18.7 Å². The van der Waals surface area contributed by atoms with Crippen LogP contribution in [-0.4, -0.2) is 42.9 Å². The topological polar surface area (TPSA) is 70.6 Å². The summed E-state index contributed by atoms with van der Waals surface area (Å²) < 4.78 is 28.8. The van der Waals surface area contributed by atoms with E-state index in [-0.39, 0.29) is 17.9 Å². The summed E-state index contributed by atoms with van der Waals surface area (Å²) in [6.45, 7) is -1.87. The molecule has 0 bridgehead atoms. The van der Waals surface area contributed by atoms with Crippen molar-refractivity contribution in [3.8, 4) is 5.75 Å². The number of amides is 1. The zero-order valence-electron chi connectivity index (χ0n) is 10.7. The lowest BCUT2D eigenvalue weighted by molar-refractivity contribution is -0.0502. The second-order valence-electron chi connectivity index (χ2n) is 4.71. The van der Waals surface area contributed by atoms with Crippen LogP contribution in [0.4, 0.5) is 8.78 Å². The van der Waals surface area contributed by atoms with Crippen molar-refractivity contribution in [3.63, 3.8) is 0 Å². The van der Waals surface area contributed by atoms with Crippen LogP contribution in [0.25, 0.3) is 0 Å². The highest BCUT2D eigenvalue weighted by molar-refractivity contribution is 5.96. The molecule has 110 valence electrons. The number of β-amino-alcohol motifs (C(OH)–C–C–N with tert-alkyl or cyclic N) is 1. The summed E-state index contributed by atoms with van der Waals surface area (Å²) in [4.78, 5) is 12.0. The number of halogens is 2. The molecule has 1 fully saturated rings. The van der Waals surface area contributed by atoms with E-state index in [0.717, 1.165) is 0 Å². The highest BCUT2D eigenvalue weighted by Crippen LogP contribution is 2.20. The van der Waals surface area contributed by atoms with Crippen molar-refractivity contribution in [3.05, 3.63) is 29.8 Å². The van der Waals surface area contributed by atoms with Crippen molar-refractivity contribution < 1.29 is 23.4 Å². The van der Waals surface area contributed by atoms with Gasteiger partial charge in [0.15, 0.2) is 0 Å². The summed E-state index contributed by atoms with van der Waals surface area (Å²) in [7, 11) is 0. The summed E-state index contributed by atoms with van der Waals surface area (Å²) in [5, 5.41) is 15.6. The maximum absolute atomic E-state index is 12.3. The van der Waals surface area contributed by atoms with Crippen molar-refractivity contribution in [2.75, 3.05) is 19.6 Å². The van der Waals surface area contributed by atoms with Gasteiger partial charge < -0.3 is 20.5 Å². The average Bonchev–Trinajstić information content (AvgIpc) is 2.83. The first-order chi connectivity index (χ1) is 9.50. The van der Waals surface area contributed by atoms with Crippen molar-refractivity contribution in [1.82, 2.24) is 10.6 Å². The van der Waals surface area contributed by atoms with Crippen LogP contribution in [0.5, 0.6) is 5.75 Å². The molecule has 7 heteroatoms. The third-order valence-corrected chi connectivity index (χ3v) is 3.15. The molecule has 1 atom stereocenters. The molecule has 2 rings (SSSR count). The van der Waals surface area contributed by atoms with Gasteiger partial charge in [0, 0.05) is 13.1 Å². The molecule has 0 aliphatic carbocycles. The molecule has 1 saturated heterocycles. The van der Waals surface area contributed by atoms with E-state index in [1.54, 1.807) is 6.07 Å². The number of aliphatic hydroxyl groups is 1. The number of benzene rings is 1. The van der Waals surface area contributed by atoms with Crippen LogP contribution in [0.1, 0.15) is 16.8 Å². The number of ether oxygens (including phenoxy) is 1. The van der Waals surface area contributed by atoms with Gasteiger partial charge in [0.2, 0.25) is 0 Å². The van der Waals surface area contributed by atoms with E-state index in [2.05, 4.69) is 15.4 Å². The van der Waals surface area contributed by atoms with Crippen LogP contribution in [-0.2, 0) is 0 Å². The van der Waals surface area contributed by atoms with Crippen LogP contribution < -0.4 is 15.4 Å². The smallest absolute Gasteiger partial charge is 0.387 e. The minimum absolute atomic E-state index is 0.0161. The molecule has 0 saturated carbocycles. The van der Waals surface area contributed by atoms with E-state index in [4.69, 9.17) is 0 Å². The Labute approximate surface area is 114 Å². The predicted octanol–water partition coefficient (Wildman–Crippen LogP) is 0.742. The molecular formula is C13H16F2N2O3. The zero-order valence-corrected chi connectivity index (χ0v) is 10.7. The van der Waals surface area contributed by atoms with E-state index < -0.39 is 18.1 Å². The average molecular weight is 286 g/mol. The van der Waals surface area contributed by atoms with Gasteiger partial charge in [-0.25, -0.2) is 0 Å². The first-order valence-corrected chi connectivity index (χ1v) is 6.25. The summed E-state index contributed by atoms with van der Waals surface area (Å²) in [5.74, 6) is -0.738. The Hall–Kier alpha value is -1.73. The van der Waals surface area contributed by atoms with Crippen LogP contribution in [0.3, 0.4) is 0 Å². The monoisotopic (exact) mass is 286 g/mol. The molecular weight excluding hydrogens is 270 g/mol. The zero-order chi connectivity index (χ0) is 14.6. The number of hydrogen-bond donors (Lipinski definition) is 3. The largest absolute Gasteiger partial charge is 0.434 e. The molecule has 0 radical (unpaired) electrons. The minimum Gasteiger partial charge on any atom is -0.434 e. The van der Waals surface area contributed by atoms with Crippen molar-refractivity contribution >= 4 is 5.91 Å². The number of carbonyl (C=O) groups excluding carboxylic acids is 1. The molecule has 0 aromatic heterocycles. The van der Waals surface area contributed by atoms with Crippen LogP contribution in [0.15, 0.2) is 24.3 Å². The molecule has 3 N–H and O–H groups in total. The molecule has 0 spiro atoms. The Bertz CT molecular complexity index is 476. The number of para-hydroxylation sites is 1. The molecule has 1 aliphatic heterocycles. The lowest BCUT2D eigenvalue weighted by Gasteiger charge is -2.21. The Morgan fingerprint density at radius 2 is 2.25 bits per heavy atom. The van der Waals surface area contributed by atoms with Gasteiger partial charge in [-0.15, -0.1) is 0 Å². The van der Waals surface area contributed by atoms with Crippen LogP contribution >= 0.6 is 0 Å². The number of alkyl halides is 2. The lowest BCUT2D eigenvalue weighted by atomic mass is 10.0. The Kier molecular flexibility index (Phi) is 4.51. The highest BCUT2D eigenvalue weighted by Gasteiger charge is 2.31. The van der Waals surface area contributed by atoms with Gasteiger partial charge in [-0.2, -0.15) is 8.78 Å². The fourth-order valence-corrected chi connectivity index (χ4v) is 2.07. The van der Waals surface area contributed by atoms with Crippen molar-refractivity contribution in [1.29, 1.82) is 0 Å². The summed E-state index contributed by atoms with van der Waals surface area (Å²) in [6.07, 6.45) is 0.530. The predicted molar refractivity (Wildman–Crippen MR) is 67.8 cm³/mol. The third-order valence-electron chi connectivity index (χ3n) is 3.15. The Morgan fingerprint density at radius 3 is 2.90 bits per heavy atom. The molecule has 1 aliphatic rings. The lowest BCUT2D eigenvalue weighted by Crippen LogP contribution is -2.44. The van der Waals surface area contributed by atoms with E-state index in [0.29, 0.717) is 19.5 Å². The van der Waals surface area contributed by atoms with Crippen LogP contribution in [0, 0.1) is 0 Å². The fourth-order valence-electron chi connectivity index (χ4n) is 2.07. The van der Waals surface area contributed by atoms with Gasteiger partial charge >= 0.3 is 6.61 Å². The van der Waals surface area contributed by atoms with Gasteiger partial charge in [0.25, 0.3) is 5.91 Å². The maximum atomic E-state index is 12.3. The molecule has 1 heterocycles. The third kappa shape index (κ3) is 3.64. The van der Waals surface area contributed by atoms with Gasteiger partial charge in [-0.1, -0.05) is 12.1 Å². The molecule has 5 nitrogen and oxygen atoms in total. The number of nitrogens with one attached hydrogen (secondary N) is 2. The Morgan fingerprint density at radius 1 is 1.50 bits per heavy atom.